The number of hydrogen-bond donors (Lipinski definition) is 1. The second-order valence-corrected chi connectivity index (χ2v) is 9.66. The second-order valence-electron chi connectivity index (χ2n) is 9.66. The van der Waals surface area contributed by atoms with Crippen LogP contribution in [0.15, 0.2) is 70.4 Å². The summed E-state index contributed by atoms with van der Waals surface area (Å²) in [6, 6.07) is 0. The Morgan fingerprint density at radius 1 is 0.879 bits per heavy atom. The van der Waals surface area contributed by atoms with Gasteiger partial charge in [0, 0.05) is 0 Å². The molecule has 0 aliphatic carbocycles. The van der Waals surface area contributed by atoms with Crippen LogP contribution in [-0.2, 0) is 9.53 Å². The first-order chi connectivity index (χ1) is 15.7. The predicted molar refractivity (Wildman–Crippen MR) is 141 cm³/mol. The maximum Gasteiger partial charge on any atom is 0.333 e. The van der Waals surface area contributed by atoms with E-state index in [-0.39, 0.29) is 11.7 Å². The molecule has 3 heteroatoms. The van der Waals surface area contributed by atoms with Gasteiger partial charge in [-0.2, -0.15) is 0 Å². The van der Waals surface area contributed by atoms with E-state index in [4.69, 9.17) is 9.84 Å². The molecule has 0 amide bonds. The first kappa shape index (κ1) is 28.9. The van der Waals surface area contributed by atoms with Gasteiger partial charge in [-0.3, -0.25) is 0 Å². The lowest BCUT2D eigenvalue weighted by Crippen LogP contribution is -2.26. The number of rotatable bonds is 14. The molecule has 1 saturated heterocycles. The van der Waals surface area contributed by atoms with Crippen LogP contribution in [0.4, 0.5) is 0 Å². The summed E-state index contributed by atoms with van der Waals surface area (Å²) < 4.78 is 5.66. The van der Waals surface area contributed by atoms with Gasteiger partial charge in [-0.1, -0.05) is 59.3 Å². The molecule has 1 heterocycles. The third kappa shape index (κ3) is 13.9. The van der Waals surface area contributed by atoms with Crippen LogP contribution in [0.2, 0.25) is 0 Å². The number of carboxylic acid groups (broad SMARTS) is 1. The van der Waals surface area contributed by atoms with Crippen molar-refractivity contribution >= 4 is 5.97 Å². The van der Waals surface area contributed by atoms with Crippen LogP contribution < -0.4 is 0 Å². The molecular weight excluding hydrogens is 408 g/mol. The predicted octanol–water partition coefficient (Wildman–Crippen LogP) is 8.66. The Balaban J connectivity index is 2.23. The van der Waals surface area contributed by atoms with Gasteiger partial charge in [0.2, 0.25) is 0 Å². The van der Waals surface area contributed by atoms with Crippen LogP contribution in [-0.4, -0.2) is 23.8 Å². The molecule has 1 rings (SSSR count). The zero-order chi connectivity index (χ0) is 24.6. The van der Waals surface area contributed by atoms with E-state index in [1.807, 2.05) is 0 Å². The van der Waals surface area contributed by atoms with Gasteiger partial charge in [-0.15, -0.1) is 0 Å². The highest BCUT2D eigenvalue weighted by atomic mass is 16.5. The zero-order valence-electron chi connectivity index (χ0n) is 21.7. The van der Waals surface area contributed by atoms with Crippen LogP contribution in [0.25, 0.3) is 0 Å². The topological polar surface area (TPSA) is 46.5 Å². The molecule has 0 saturated carbocycles. The number of unbranched alkanes of at least 4 members (excludes halogenated alkanes) is 1. The Morgan fingerprint density at radius 3 is 1.85 bits per heavy atom. The molecule has 1 aliphatic heterocycles. The molecule has 0 bridgehead atoms. The second kappa shape index (κ2) is 16.5. The van der Waals surface area contributed by atoms with Crippen LogP contribution in [0.5, 0.6) is 0 Å². The Bertz CT molecular complexity index is 775. The lowest BCUT2D eigenvalue weighted by atomic mass is 9.98. The minimum Gasteiger partial charge on any atom is -0.478 e. The van der Waals surface area contributed by atoms with Crippen molar-refractivity contribution in [2.45, 2.75) is 105 Å². The van der Waals surface area contributed by atoms with Gasteiger partial charge in [-0.25, -0.2) is 4.79 Å². The quantitative estimate of drug-likeness (QED) is 0.162. The minimum atomic E-state index is -0.962. The van der Waals surface area contributed by atoms with Crippen molar-refractivity contribution in [1.82, 2.24) is 0 Å². The van der Waals surface area contributed by atoms with Crippen molar-refractivity contribution in [3.8, 4) is 0 Å². The van der Waals surface area contributed by atoms with E-state index in [1.54, 1.807) is 0 Å². The molecule has 1 N–H and O–H groups in total. The summed E-state index contributed by atoms with van der Waals surface area (Å²) in [5.74, 6) is -0.962. The number of hydrogen-bond acceptors (Lipinski definition) is 2. The Kier molecular flexibility index (Phi) is 14.4. The minimum absolute atomic E-state index is 0.165. The standard InChI is InChI=1S/C30H46O3/c1-23(2)12-9-14-25(4)16-11-18-26(5)17-10-15-24(3)13-7-8-19-28-20-21-29(33-22-28)27(6)30(31)32/h12-13,16-17,19,29H,6-11,14-15,18,20-22H2,1-5H3,(H,31,32)/b24-13+,25-16+,26-17+,28-19-. The fraction of sp³-hybridized carbons (Fsp3) is 0.567. The number of allylic oxidation sites excluding steroid dienone is 9. The number of carbonyl (C=O) groups is 1. The molecule has 1 atom stereocenters. The third-order valence-electron chi connectivity index (χ3n) is 6.11. The molecule has 0 radical (unpaired) electrons. The highest BCUT2D eigenvalue weighted by Gasteiger charge is 2.23. The lowest BCUT2D eigenvalue weighted by molar-refractivity contribution is -0.134. The average molecular weight is 455 g/mol. The molecule has 33 heavy (non-hydrogen) atoms. The molecule has 1 fully saturated rings. The smallest absolute Gasteiger partial charge is 0.333 e. The Morgan fingerprint density at radius 2 is 1.39 bits per heavy atom. The summed E-state index contributed by atoms with van der Waals surface area (Å²) in [6.07, 6.45) is 21.9. The Hall–Kier alpha value is -2.13. The van der Waals surface area contributed by atoms with Crippen molar-refractivity contribution in [2.75, 3.05) is 6.61 Å². The molecule has 1 unspecified atom stereocenters. The van der Waals surface area contributed by atoms with Crippen LogP contribution in [0.1, 0.15) is 98.8 Å². The van der Waals surface area contributed by atoms with Gasteiger partial charge in [0.15, 0.2) is 0 Å². The molecular formula is C30H46O3. The maximum absolute atomic E-state index is 11.0. The first-order valence-corrected chi connectivity index (χ1v) is 12.5. The van der Waals surface area contributed by atoms with E-state index < -0.39 is 5.97 Å². The van der Waals surface area contributed by atoms with Gasteiger partial charge < -0.3 is 9.84 Å². The van der Waals surface area contributed by atoms with Crippen molar-refractivity contribution in [3.63, 3.8) is 0 Å². The van der Waals surface area contributed by atoms with Gasteiger partial charge in [0.05, 0.1) is 18.3 Å². The van der Waals surface area contributed by atoms with Crippen LogP contribution >= 0.6 is 0 Å². The van der Waals surface area contributed by atoms with Crippen molar-refractivity contribution in [1.29, 1.82) is 0 Å². The average Bonchev–Trinajstić information content (AvgIpc) is 2.76. The summed E-state index contributed by atoms with van der Waals surface area (Å²) in [5, 5.41) is 9.01. The summed E-state index contributed by atoms with van der Waals surface area (Å²) in [7, 11) is 0. The van der Waals surface area contributed by atoms with Gasteiger partial charge in [-0.05, 0) is 104 Å². The van der Waals surface area contributed by atoms with Gasteiger partial charge in [0.1, 0.15) is 0 Å². The molecule has 3 nitrogen and oxygen atoms in total. The normalized spacial score (nSPS) is 19.0. The first-order valence-electron chi connectivity index (χ1n) is 12.5. The van der Waals surface area contributed by atoms with Crippen molar-refractivity contribution in [2.24, 2.45) is 0 Å². The van der Waals surface area contributed by atoms with E-state index in [2.05, 4.69) is 71.6 Å². The largest absolute Gasteiger partial charge is 0.478 e. The van der Waals surface area contributed by atoms with Gasteiger partial charge >= 0.3 is 5.97 Å². The third-order valence-corrected chi connectivity index (χ3v) is 6.11. The van der Waals surface area contributed by atoms with Crippen molar-refractivity contribution < 1.29 is 14.6 Å². The fourth-order valence-corrected chi connectivity index (χ4v) is 3.86. The monoisotopic (exact) mass is 454 g/mol. The highest BCUT2D eigenvalue weighted by molar-refractivity contribution is 5.86. The summed E-state index contributed by atoms with van der Waals surface area (Å²) in [6.45, 7) is 15.2. The fourth-order valence-electron chi connectivity index (χ4n) is 3.86. The lowest BCUT2D eigenvalue weighted by Gasteiger charge is -2.24. The van der Waals surface area contributed by atoms with Crippen LogP contribution in [0, 0.1) is 0 Å². The van der Waals surface area contributed by atoms with Gasteiger partial charge in [0.25, 0.3) is 0 Å². The summed E-state index contributed by atoms with van der Waals surface area (Å²) in [5.41, 5.74) is 7.28. The van der Waals surface area contributed by atoms with E-state index in [0.29, 0.717) is 13.0 Å². The van der Waals surface area contributed by atoms with E-state index in [1.165, 1.54) is 34.3 Å². The van der Waals surface area contributed by atoms with Crippen molar-refractivity contribution in [3.05, 3.63) is 70.4 Å². The molecule has 184 valence electrons. The molecule has 0 aromatic carbocycles. The molecule has 0 aromatic rings. The summed E-state index contributed by atoms with van der Waals surface area (Å²) >= 11 is 0. The Labute approximate surface area is 202 Å². The highest BCUT2D eigenvalue weighted by Crippen LogP contribution is 2.23. The number of carboxylic acids is 1. The van der Waals surface area contributed by atoms with E-state index >= 15 is 0 Å². The zero-order valence-corrected chi connectivity index (χ0v) is 21.7. The number of ether oxygens (including phenoxy) is 1. The summed E-state index contributed by atoms with van der Waals surface area (Å²) in [4.78, 5) is 11.0. The molecule has 1 aliphatic rings. The van der Waals surface area contributed by atoms with Crippen LogP contribution in [0.3, 0.4) is 0 Å². The SMILES string of the molecule is C=C(C(=O)O)C1CC/C(=C/CC/C=C(\C)CC/C=C(\C)CC/C=C(\C)CCC=C(C)C)CO1. The molecule has 0 spiro atoms. The maximum atomic E-state index is 11.0. The molecule has 0 aromatic heterocycles. The van der Waals surface area contributed by atoms with E-state index in [0.717, 1.165) is 51.4 Å². The van der Waals surface area contributed by atoms with E-state index in [9.17, 15) is 4.79 Å². The number of aliphatic carboxylic acids is 1.